The number of hydrogen-bond donors (Lipinski definition) is 1. The van der Waals surface area contributed by atoms with Gasteiger partial charge < -0.3 is 10.1 Å². The quantitative estimate of drug-likeness (QED) is 0.856. The standard InChI is InChI=1S/C15H20F3NO/c1-2-19-14(12-4-3-5-12)10-11-6-8-13(9-7-11)20-15(16,17)18/h6-9,12,14,19H,2-5,10H2,1H3. The van der Waals surface area contributed by atoms with Gasteiger partial charge in [0, 0.05) is 6.04 Å². The number of likely N-dealkylation sites (N-methyl/N-ethyl adjacent to an activating group) is 1. The van der Waals surface area contributed by atoms with Crippen LogP contribution in [-0.4, -0.2) is 18.9 Å². The van der Waals surface area contributed by atoms with Gasteiger partial charge in [0.15, 0.2) is 0 Å². The average molecular weight is 287 g/mol. The zero-order valence-corrected chi connectivity index (χ0v) is 11.5. The summed E-state index contributed by atoms with van der Waals surface area (Å²) < 4.78 is 40.1. The molecule has 1 aromatic rings. The molecule has 1 saturated carbocycles. The molecule has 1 atom stereocenters. The van der Waals surface area contributed by atoms with Crippen LogP contribution >= 0.6 is 0 Å². The fraction of sp³-hybridized carbons (Fsp3) is 0.600. The van der Waals surface area contributed by atoms with E-state index in [2.05, 4.69) is 17.0 Å². The zero-order chi connectivity index (χ0) is 14.6. The highest BCUT2D eigenvalue weighted by Gasteiger charge is 2.31. The van der Waals surface area contributed by atoms with Gasteiger partial charge in [-0.05, 0) is 49.4 Å². The summed E-state index contributed by atoms with van der Waals surface area (Å²) in [5.41, 5.74) is 1.04. The molecule has 0 bridgehead atoms. The summed E-state index contributed by atoms with van der Waals surface area (Å²) in [6, 6.07) is 6.61. The maximum Gasteiger partial charge on any atom is 0.573 e. The van der Waals surface area contributed by atoms with Gasteiger partial charge in [-0.1, -0.05) is 25.5 Å². The van der Waals surface area contributed by atoms with Crippen molar-refractivity contribution in [3.05, 3.63) is 29.8 Å². The molecule has 2 nitrogen and oxygen atoms in total. The van der Waals surface area contributed by atoms with Crippen LogP contribution in [0.4, 0.5) is 13.2 Å². The van der Waals surface area contributed by atoms with Crippen molar-refractivity contribution in [2.24, 2.45) is 5.92 Å². The molecule has 0 radical (unpaired) electrons. The van der Waals surface area contributed by atoms with Gasteiger partial charge in [-0.3, -0.25) is 0 Å². The highest BCUT2D eigenvalue weighted by molar-refractivity contribution is 5.28. The third-order valence-electron chi connectivity index (χ3n) is 3.80. The second kappa shape index (κ2) is 6.48. The molecule has 0 saturated heterocycles. The van der Waals surface area contributed by atoms with Gasteiger partial charge in [0.2, 0.25) is 0 Å². The van der Waals surface area contributed by atoms with Crippen LogP contribution in [-0.2, 0) is 6.42 Å². The van der Waals surface area contributed by atoms with E-state index in [1.165, 1.54) is 31.4 Å². The average Bonchev–Trinajstić information content (AvgIpc) is 2.28. The van der Waals surface area contributed by atoms with Crippen LogP contribution < -0.4 is 10.1 Å². The Morgan fingerprint density at radius 2 is 1.90 bits per heavy atom. The van der Waals surface area contributed by atoms with Gasteiger partial charge >= 0.3 is 6.36 Å². The third-order valence-corrected chi connectivity index (χ3v) is 3.80. The van der Waals surface area contributed by atoms with Crippen molar-refractivity contribution >= 4 is 0 Å². The van der Waals surface area contributed by atoms with Crippen LogP contribution in [0.15, 0.2) is 24.3 Å². The number of rotatable bonds is 6. The van der Waals surface area contributed by atoms with Gasteiger partial charge in [0.05, 0.1) is 0 Å². The number of ether oxygens (including phenoxy) is 1. The van der Waals surface area contributed by atoms with Crippen LogP contribution in [0.25, 0.3) is 0 Å². The first-order valence-electron chi connectivity index (χ1n) is 7.06. The van der Waals surface area contributed by atoms with E-state index < -0.39 is 6.36 Å². The van der Waals surface area contributed by atoms with Crippen LogP contribution in [0, 0.1) is 5.92 Å². The minimum Gasteiger partial charge on any atom is -0.406 e. The van der Waals surface area contributed by atoms with Gasteiger partial charge in [-0.25, -0.2) is 0 Å². The monoisotopic (exact) mass is 287 g/mol. The van der Waals surface area contributed by atoms with Crippen molar-refractivity contribution in [1.82, 2.24) is 5.32 Å². The Morgan fingerprint density at radius 3 is 2.35 bits per heavy atom. The molecule has 1 fully saturated rings. The fourth-order valence-electron chi connectivity index (χ4n) is 2.59. The molecule has 0 aromatic heterocycles. The second-order valence-corrected chi connectivity index (χ2v) is 5.25. The Kier molecular flexibility index (Phi) is 4.91. The highest BCUT2D eigenvalue weighted by Crippen LogP contribution is 2.31. The molecule has 1 unspecified atom stereocenters. The molecule has 0 aliphatic heterocycles. The molecule has 1 aliphatic rings. The van der Waals surface area contributed by atoms with Crippen molar-refractivity contribution in [3.63, 3.8) is 0 Å². The maximum atomic E-state index is 12.1. The summed E-state index contributed by atoms with van der Waals surface area (Å²) in [4.78, 5) is 0. The van der Waals surface area contributed by atoms with Crippen molar-refractivity contribution < 1.29 is 17.9 Å². The Hall–Kier alpha value is -1.23. The third kappa shape index (κ3) is 4.40. The van der Waals surface area contributed by atoms with Crippen LogP contribution in [0.5, 0.6) is 5.75 Å². The maximum absolute atomic E-state index is 12.1. The highest BCUT2D eigenvalue weighted by atomic mass is 19.4. The lowest BCUT2D eigenvalue weighted by Gasteiger charge is -2.34. The van der Waals surface area contributed by atoms with E-state index in [1.54, 1.807) is 12.1 Å². The predicted molar refractivity (Wildman–Crippen MR) is 71.6 cm³/mol. The first-order valence-corrected chi connectivity index (χ1v) is 7.06. The molecule has 5 heteroatoms. The largest absolute Gasteiger partial charge is 0.573 e. The minimum atomic E-state index is -4.63. The topological polar surface area (TPSA) is 21.3 Å². The Labute approximate surface area is 117 Å². The smallest absolute Gasteiger partial charge is 0.406 e. The molecule has 0 amide bonds. The first-order chi connectivity index (χ1) is 9.48. The number of nitrogens with one attached hydrogen (secondary N) is 1. The molecule has 0 heterocycles. The predicted octanol–water partition coefficient (Wildman–Crippen LogP) is 3.91. The molecule has 2 rings (SSSR count). The van der Waals surface area contributed by atoms with Gasteiger partial charge in [0.25, 0.3) is 0 Å². The fourth-order valence-corrected chi connectivity index (χ4v) is 2.59. The molecular weight excluding hydrogens is 267 g/mol. The van der Waals surface area contributed by atoms with E-state index >= 15 is 0 Å². The summed E-state index contributed by atoms with van der Waals surface area (Å²) >= 11 is 0. The Bertz CT molecular complexity index is 412. The lowest BCUT2D eigenvalue weighted by atomic mass is 9.77. The molecule has 1 aliphatic carbocycles. The Balaban J connectivity index is 1.94. The SMILES string of the molecule is CCNC(Cc1ccc(OC(F)(F)F)cc1)C1CCC1. The molecule has 1 aromatic carbocycles. The molecular formula is C15H20F3NO. The first kappa shape index (κ1) is 15.2. The van der Waals surface area contributed by atoms with Crippen molar-refractivity contribution in [2.75, 3.05) is 6.54 Å². The zero-order valence-electron chi connectivity index (χ0n) is 11.5. The lowest BCUT2D eigenvalue weighted by Crippen LogP contribution is -2.41. The molecule has 112 valence electrons. The summed E-state index contributed by atoms with van der Waals surface area (Å²) in [5.74, 6) is 0.533. The summed E-state index contributed by atoms with van der Waals surface area (Å²) in [5, 5.41) is 3.47. The number of halogens is 3. The van der Waals surface area contributed by atoms with E-state index in [0.717, 1.165) is 18.5 Å². The van der Waals surface area contributed by atoms with Crippen molar-refractivity contribution in [2.45, 2.75) is 45.0 Å². The second-order valence-electron chi connectivity index (χ2n) is 5.25. The van der Waals surface area contributed by atoms with Gasteiger partial charge in [0.1, 0.15) is 5.75 Å². The molecule has 20 heavy (non-hydrogen) atoms. The minimum absolute atomic E-state index is 0.162. The van der Waals surface area contributed by atoms with Gasteiger partial charge in [-0.15, -0.1) is 13.2 Å². The number of alkyl halides is 3. The summed E-state index contributed by atoms with van der Waals surface area (Å²) in [6.07, 6.45) is -0.00462. The molecule has 1 N–H and O–H groups in total. The van der Waals surface area contributed by atoms with Crippen molar-refractivity contribution in [3.8, 4) is 5.75 Å². The lowest BCUT2D eigenvalue weighted by molar-refractivity contribution is -0.274. The normalized spacial score (nSPS) is 17.6. The van der Waals surface area contributed by atoms with E-state index in [9.17, 15) is 13.2 Å². The number of benzene rings is 1. The van der Waals surface area contributed by atoms with Crippen molar-refractivity contribution in [1.29, 1.82) is 0 Å². The van der Waals surface area contributed by atoms with Gasteiger partial charge in [-0.2, -0.15) is 0 Å². The van der Waals surface area contributed by atoms with E-state index in [1.807, 2.05) is 0 Å². The number of hydrogen-bond acceptors (Lipinski definition) is 2. The van der Waals surface area contributed by atoms with Crippen LogP contribution in [0.3, 0.4) is 0 Å². The Morgan fingerprint density at radius 1 is 1.25 bits per heavy atom. The summed E-state index contributed by atoms with van der Waals surface area (Å²) in [7, 11) is 0. The van der Waals surface area contributed by atoms with E-state index in [4.69, 9.17) is 0 Å². The van der Waals surface area contributed by atoms with Crippen LogP contribution in [0.1, 0.15) is 31.7 Å². The van der Waals surface area contributed by atoms with E-state index in [-0.39, 0.29) is 5.75 Å². The molecule has 0 spiro atoms. The summed E-state index contributed by atoms with van der Waals surface area (Å²) in [6.45, 7) is 2.99. The van der Waals surface area contributed by atoms with E-state index in [0.29, 0.717) is 12.0 Å². The van der Waals surface area contributed by atoms with Crippen LogP contribution in [0.2, 0.25) is 0 Å².